The Hall–Kier alpha value is -3.15. The van der Waals surface area contributed by atoms with Crippen LogP contribution in [0.1, 0.15) is 22.8 Å². The smallest absolute Gasteiger partial charge is 0.168 e. The van der Waals surface area contributed by atoms with Crippen molar-refractivity contribution < 1.29 is 4.42 Å². The van der Waals surface area contributed by atoms with Gasteiger partial charge < -0.3 is 9.73 Å². The van der Waals surface area contributed by atoms with Gasteiger partial charge in [0.05, 0.1) is 29.6 Å². The SMILES string of the molecule is Cc1ccc(-n2nc(C)c3c(NCc4ccco4)nc(C)nc32)cc1. The molecule has 6 nitrogen and oxygen atoms in total. The molecule has 0 amide bonds. The first-order chi connectivity index (χ1) is 12.1. The number of hydrogen-bond donors (Lipinski definition) is 1. The monoisotopic (exact) mass is 333 g/mol. The fourth-order valence-electron chi connectivity index (χ4n) is 2.87. The van der Waals surface area contributed by atoms with Crippen molar-refractivity contribution in [3.05, 3.63) is 65.5 Å². The second-order valence-electron chi connectivity index (χ2n) is 6.08. The van der Waals surface area contributed by atoms with Crippen molar-refractivity contribution in [3.63, 3.8) is 0 Å². The summed E-state index contributed by atoms with van der Waals surface area (Å²) in [6, 6.07) is 12.0. The van der Waals surface area contributed by atoms with Gasteiger partial charge in [0, 0.05) is 0 Å². The third-order valence-corrected chi connectivity index (χ3v) is 4.10. The van der Waals surface area contributed by atoms with Crippen molar-refractivity contribution in [2.45, 2.75) is 27.3 Å². The highest BCUT2D eigenvalue weighted by Gasteiger charge is 2.16. The van der Waals surface area contributed by atoms with Crippen molar-refractivity contribution in [2.75, 3.05) is 5.32 Å². The molecule has 0 aliphatic carbocycles. The van der Waals surface area contributed by atoms with E-state index in [4.69, 9.17) is 4.42 Å². The van der Waals surface area contributed by atoms with Crippen LogP contribution in [0.4, 0.5) is 5.82 Å². The zero-order valence-corrected chi connectivity index (χ0v) is 14.4. The van der Waals surface area contributed by atoms with E-state index in [1.54, 1.807) is 6.26 Å². The fraction of sp³-hybridized carbons (Fsp3) is 0.211. The number of nitrogens with zero attached hydrogens (tertiary/aromatic N) is 4. The number of hydrogen-bond acceptors (Lipinski definition) is 5. The summed E-state index contributed by atoms with van der Waals surface area (Å²) in [4.78, 5) is 9.19. The Morgan fingerprint density at radius 1 is 1.04 bits per heavy atom. The summed E-state index contributed by atoms with van der Waals surface area (Å²) >= 11 is 0. The quantitative estimate of drug-likeness (QED) is 0.612. The molecule has 4 aromatic rings. The highest BCUT2D eigenvalue weighted by atomic mass is 16.3. The van der Waals surface area contributed by atoms with Gasteiger partial charge in [-0.25, -0.2) is 14.6 Å². The summed E-state index contributed by atoms with van der Waals surface area (Å²) < 4.78 is 7.26. The van der Waals surface area contributed by atoms with Crippen LogP contribution in [0.5, 0.6) is 0 Å². The summed E-state index contributed by atoms with van der Waals surface area (Å²) in [6.07, 6.45) is 1.67. The summed E-state index contributed by atoms with van der Waals surface area (Å²) in [5, 5.41) is 8.96. The molecule has 0 unspecified atom stereocenters. The van der Waals surface area contributed by atoms with Gasteiger partial charge in [0.15, 0.2) is 5.65 Å². The molecule has 0 aliphatic rings. The lowest BCUT2D eigenvalue weighted by Crippen LogP contribution is -2.04. The minimum absolute atomic E-state index is 0.563. The highest BCUT2D eigenvalue weighted by Crippen LogP contribution is 2.26. The molecule has 0 fully saturated rings. The normalized spacial score (nSPS) is 11.2. The van der Waals surface area contributed by atoms with Crippen LogP contribution in [-0.4, -0.2) is 19.7 Å². The number of nitrogens with one attached hydrogen (secondary N) is 1. The number of rotatable bonds is 4. The van der Waals surface area contributed by atoms with Gasteiger partial charge in [0.25, 0.3) is 0 Å². The Bertz CT molecular complexity index is 1020. The topological polar surface area (TPSA) is 68.8 Å². The van der Waals surface area contributed by atoms with Crippen molar-refractivity contribution in [2.24, 2.45) is 0 Å². The molecule has 126 valence electrons. The van der Waals surface area contributed by atoms with Crippen LogP contribution in [0.3, 0.4) is 0 Å². The predicted molar refractivity (Wildman–Crippen MR) is 96.9 cm³/mol. The number of aromatic nitrogens is 4. The fourth-order valence-corrected chi connectivity index (χ4v) is 2.87. The van der Waals surface area contributed by atoms with Crippen LogP contribution >= 0.6 is 0 Å². The number of fused-ring (bicyclic) bond motifs is 1. The number of benzene rings is 1. The zero-order chi connectivity index (χ0) is 17.4. The van der Waals surface area contributed by atoms with Crippen molar-refractivity contribution >= 4 is 16.9 Å². The molecule has 0 atom stereocenters. The van der Waals surface area contributed by atoms with Crippen molar-refractivity contribution in [1.29, 1.82) is 0 Å². The first-order valence-corrected chi connectivity index (χ1v) is 8.19. The average Bonchev–Trinajstić information content (AvgIpc) is 3.22. The van der Waals surface area contributed by atoms with Gasteiger partial charge in [-0.2, -0.15) is 5.10 Å². The summed E-state index contributed by atoms with van der Waals surface area (Å²) in [6.45, 7) is 6.50. The molecule has 0 saturated carbocycles. The van der Waals surface area contributed by atoms with Crippen LogP contribution in [-0.2, 0) is 6.54 Å². The number of furan rings is 1. The second kappa shape index (κ2) is 6.05. The van der Waals surface area contributed by atoms with E-state index < -0.39 is 0 Å². The van der Waals surface area contributed by atoms with E-state index in [1.165, 1.54) is 5.56 Å². The van der Waals surface area contributed by atoms with Crippen LogP contribution in [0.15, 0.2) is 47.1 Å². The standard InChI is InChI=1S/C19H19N5O/c1-12-6-8-15(9-7-12)24-19-17(13(2)23-24)18(21-14(3)22-19)20-11-16-5-4-10-25-16/h4-10H,11H2,1-3H3,(H,20,21,22). The van der Waals surface area contributed by atoms with Crippen molar-refractivity contribution in [1.82, 2.24) is 19.7 Å². The number of aryl methyl sites for hydroxylation is 3. The van der Waals surface area contributed by atoms with Crippen LogP contribution in [0.2, 0.25) is 0 Å². The molecule has 3 aromatic heterocycles. The van der Waals surface area contributed by atoms with Gasteiger partial charge in [-0.15, -0.1) is 0 Å². The van der Waals surface area contributed by atoms with E-state index in [2.05, 4.69) is 51.6 Å². The molecule has 0 radical (unpaired) electrons. The van der Waals surface area contributed by atoms with E-state index in [1.807, 2.05) is 30.7 Å². The maximum atomic E-state index is 5.39. The molecule has 3 heterocycles. The molecule has 6 heteroatoms. The minimum atomic E-state index is 0.563. The summed E-state index contributed by atoms with van der Waals surface area (Å²) in [7, 11) is 0. The van der Waals surface area contributed by atoms with E-state index in [0.29, 0.717) is 12.4 Å². The van der Waals surface area contributed by atoms with Gasteiger partial charge in [-0.1, -0.05) is 17.7 Å². The molecule has 4 rings (SSSR count). The van der Waals surface area contributed by atoms with Gasteiger partial charge in [0.1, 0.15) is 17.4 Å². The molecule has 0 saturated heterocycles. The zero-order valence-electron chi connectivity index (χ0n) is 14.4. The lowest BCUT2D eigenvalue weighted by molar-refractivity contribution is 0.518. The first kappa shape index (κ1) is 15.4. The Kier molecular flexibility index (Phi) is 3.72. The lowest BCUT2D eigenvalue weighted by Gasteiger charge is -2.08. The number of anilines is 1. The van der Waals surface area contributed by atoms with Gasteiger partial charge in [-0.3, -0.25) is 0 Å². The average molecular weight is 333 g/mol. The third-order valence-electron chi connectivity index (χ3n) is 4.10. The molecule has 1 N–H and O–H groups in total. The van der Waals surface area contributed by atoms with E-state index in [0.717, 1.165) is 34.0 Å². The van der Waals surface area contributed by atoms with Gasteiger partial charge >= 0.3 is 0 Å². The Morgan fingerprint density at radius 3 is 2.56 bits per heavy atom. The van der Waals surface area contributed by atoms with Crippen LogP contribution < -0.4 is 5.32 Å². The molecule has 25 heavy (non-hydrogen) atoms. The van der Waals surface area contributed by atoms with E-state index in [9.17, 15) is 0 Å². The maximum absolute atomic E-state index is 5.39. The summed E-state index contributed by atoms with van der Waals surface area (Å²) in [5.41, 5.74) is 3.88. The van der Waals surface area contributed by atoms with Crippen LogP contribution in [0.25, 0.3) is 16.7 Å². The summed E-state index contributed by atoms with van der Waals surface area (Å²) in [5.74, 6) is 2.32. The van der Waals surface area contributed by atoms with Crippen molar-refractivity contribution in [3.8, 4) is 5.69 Å². The Labute approximate surface area is 145 Å². The van der Waals surface area contributed by atoms with Gasteiger partial charge in [-0.05, 0) is 45.0 Å². The molecule has 0 spiro atoms. The third kappa shape index (κ3) is 2.87. The molecule has 0 aliphatic heterocycles. The van der Waals surface area contributed by atoms with E-state index >= 15 is 0 Å². The lowest BCUT2D eigenvalue weighted by atomic mass is 10.2. The maximum Gasteiger partial charge on any atom is 0.168 e. The molecule has 1 aromatic carbocycles. The van der Waals surface area contributed by atoms with Gasteiger partial charge in [0.2, 0.25) is 0 Å². The first-order valence-electron chi connectivity index (χ1n) is 8.19. The molecular formula is C19H19N5O. The Morgan fingerprint density at radius 2 is 1.84 bits per heavy atom. The van der Waals surface area contributed by atoms with E-state index in [-0.39, 0.29) is 0 Å². The predicted octanol–water partition coefficient (Wildman–Crippen LogP) is 3.95. The van der Waals surface area contributed by atoms with Crippen LogP contribution in [0, 0.1) is 20.8 Å². The minimum Gasteiger partial charge on any atom is -0.467 e. The molecular weight excluding hydrogens is 314 g/mol. The molecule has 0 bridgehead atoms. The highest BCUT2D eigenvalue weighted by molar-refractivity contribution is 5.90. The Balaban J connectivity index is 1.81. The largest absolute Gasteiger partial charge is 0.467 e. The second-order valence-corrected chi connectivity index (χ2v) is 6.08.